The summed E-state index contributed by atoms with van der Waals surface area (Å²) in [6.07, 6.45) is 1.03. The molecule has 0 heterocycles. The summed E-state index contributed by atoms with van der Waals surface area (Å²) in [5.41, 5.74) is 7.40. The van der Waals surface area contributed by atoms with E-state index >= 15 is 0 Å². The van der Waals surface area contributed by atoms with Gasteiger partial charge in [0.2, 0.25) is 5.91 Å². The predicted octanol–water partition coefficient (Wildman–Crippen LogP) is 2.10. The summed E-state index contributed by atoms with van der Waals surface area (Å²) in [4.78, 5) is 12.1. The molecule has 0 unspecified atom stereocenters. The monoisotopic (exact) mass is 348 g/mol. The minimum atomic E-state index is -3.52. The van der Waals surface area contributed by atoms with Gasteiger partial charge in [-0.25, -0.2) is 8.42 Å². The fraction of sp³-hybridized carbons (Fsp3) is 0.417. The summed E-state index contributed by atoms with van der Waals surface area (Å²) >= 11 is 3.30. The molecule has 0 radical (unpaired) electrons. The third-order valence-electron chi connectivity index (χ3n) is 3.04. The Morgan fingerprint density at radius 1 is 1.37 bits per heavy atom. The number of sulfone groups is 1. The Morgan fingerprint density at radius 2 is 1.89 bits per heavy atom. The number of nitrogens with two attached hydrogens (primary N) is 1. The molecule has 3 N–H and O–H groups in total. The van der Waals surface area contributed by atoms with E-state index < -0.39 is 20.5 Å². The molecule has 5 nitrogen and oxygen atoms in total. The summed E-state index contributed by atoms with van der Waals surface area (Å²) in [7, 11) is -3.52. The lowest BCUT2D eigenvalue weighted by molar-refractivity contribution is -0.117. The molecule has 0 saturated carbocycles. The quantitative estimate of drug-likeness (QED) is 0.818. The molecular weight excluding hydrogens is 332 g/mol. The van der Waals surface area contributed by atoms with E-state index in [9.17, 15) is 13.2 Å². The molecule has 0 atom stereocenters. The molecule has 0 saturated heterocycles. The van der Waals surface area contributed by atoms with Crippen molar-refractivity contribution in [1.82, 2.24) is 0 Å². The molecule has 1 aromatic rings. The number of carbonyl (C=O) groups is 1. The fourth-order valence-electron chi connectivity index (χ4n) is 1.37. The fourth-order valence-corrected chi connectivity index (χ4v) is 2.35. The number of halogens is 1. The van der Waals surface area contributed by atoms with E-state index in [1.807, 2.05) is 0 Å². The topological polar surface area (TPSA) is 89.3 Å². The molecule has 0 bridgehead atoms. The molecule has 0 aliphatic carbocycles. The number of aryl methyl sites for hydroxylation is 1. The van der Waals surface area contributed by atoms with Crippen molar-refractivity contribution in [1.29, 1.82) is 0 Å². The van der Waals surface area contributed by atoms with Crippen LogP contribution in [0.1, 0.15) is 19.4 Å². The third-order valence-corrected chi connectivity index (χ3v) is 5.54. The Bertz CT molecular complexity index is 601. The first-order valence-electron chi connectivity index (χ1n) is 5.53. The third kappa shape index (κ3) is 3.27. The molecule has 0 spiro atoms. The van der Waals surface area contributed by atoms with Gasteiger partial charge in [-0.2, -0.15) is 0 Å². The van der Waals surface area contributed by atoms with Crippen LogP contribution in [-0.4, -0.2) is 25.3 Å². The molecule has 0 aromatic heterocycles. The van der Waals surface area contributed by atoms with Crippen LogP contribution in [0.15, 0.2) is 16.6 Å². The number of amides is 1. The molecule has 0 fully saturated rings. The summed E-state index contributed by atoms with van der Waals surface area (Å²) in [6, 6.07) is 3.44. The average Bonchev–Trinajstić information content (AvgIpc) is 2.21. The number of rotatable bonds is 3. The van der Waals surface area contributed by atoms with Crippen molar-refractivity contribution in [3.8, 4) is 0 Å². The highest BCUT2D eigenvalue weighted by Crippen LogP contribution is 2.29. The second kappa shape index (κ2) is 5.13. The van der Waals surface area contributed by atoms with Gasteiger partial charge in [0.15, 0.2) is 9.84 Å². The van der Waals surface area contributed by atoms with Crippen molar-refractivity contribution in [3.05, 3.63) is 22.2 Å². The zero-order valence-electron chi connectivity index (χ0n) is 11.2. The normalized spacial score (nSPS) is 12.3. The first-order valence-corrected chi connectivity index (χ1v) is 8.22. The lowest BCUT2D eigenvalue weighted by atomic mass is 10.1. The van der Waals surface area contributed by atoms with Gasteiger partial charge in [-0.15, -0.1) is 0 Å². The van der Waals surface area contributed by atoms with Gasteiger partial charge in [0.25, 0.3) is 0 Å². The van der Waals surface area contributed by atoms with E-state index in [2.05, 4.69) is 21.2 Å². The van der Waals surface area contributed by atoms with Crippen LogP contribution < -0.4 is 11.1 Å². The zero-order chi connectivity index (χ0) is 15.0. The number of anilines is 2. The number of nitrogens with one attached hydrogen (secondary N) is 1. The van der Waals surface area contributed by atoms with E-state index in [0.717, 1.165) is 16.3 Å². The largest absolute Gasteiger partial charge is 0.397 e. The Morgan fingerprint density at radius 3 is 2.32 bits per heavy atom. The van der Waals surface area contributed by atoms with E-state index in [1.165, 1.54) is 13.8 Å². The van der Waals surface area contributed by atoms with Gasteiger partial charge >= 0.3 is 0 Å². The summed E-state index contributed by atoms with van der Waals surface area (Å²) < 4.78 is 22.5. The van der Waals surface area contributed by atoms with Crippen LogP contribution in [0.5, 0.6) is 0 Å². The summed E-state index contributed by atoms with van der Waals surface area (Å²) in [5.74, 6) is -0.605. The van der Waals surface area contributed by atoms with Crippen LogP contribution >= 0.6 is 15.9 Å². The van der Waals surface area contributed by atoms with Crippen LogP contribution in [0, 0.1) is 6.92 Å². The van der Waals surface area contributed by atoms with Crippen molar-refractivity contribution in [2.45, 2.75) is 25.5 Å². The smallest absolute Gasteiger partial charge is 0.245 e. The average molecular weight is 349 g/mol. The first-order chi connectivity index (χ1) is 8.46. The Hall–Kier alpha value is -1.08. The summed E-state index contributed by atoms with van der Waals surface area (Å²) in [6.45, 7) is 4.51. The number of benzene rings is 1. The van der Waals surface area contributed by atoms with Gasteiger partial charge < -0.3 is 11.1 Å². The van der Waals surface area contributed by atoms with Gasteiger partial charge in [-0.3, -0.25) is 4.79 Å². The molecule has 106 valence electrons. The van der Waals surface area contributed by atoms with Crippen LogP contribution in [0.3, 0.4) is 0 Å². The van der Waals surface area contributed by atoms with Gasteiger partial charge in [0.05, 0.1) is 11.4 Å². The highest BCUT2D eigenvalue weighted by atomic mass is 79.9. The van der Waals surface area contributed by atoms with Crippen molar-refractivity contribution in [2.75, 3.05) is 17.3 Å². The molecule has 1 amide bonds. The maximum Gasteiger partial charge on any atom is 0.245 e. The molecule has 1 rings (SSSR count). The minimum absolute atomic E-state index is 0.379. The number of carbonyl (C=O) groups excluding carboxylic acids is 1. The van der Waals surface area contributed by atoms with Gasteiger partial charge in [-0.1, -0.05) is 15.9 Å². The van der Waals surface area contributed by atoms with Crippen molar-refractivity contribution < 1.29 is 13.2 Å². The maximum absolute atomic E-state index is 12.1. The highest BCUT2D eigenvalue weighted by Gasteiger charge is 2.38. The van der Waals surface area contributed by atoms with Crippen LogP contribution in [0.4, 0.5) is 11.4 Å². The SMILES string of the molecule is Cc1cc(Br)cc(N)c1NC(=O)C(C)(C)S(C)(=O)=O. The van der Waals surface area contributed by atoms with Gasteiger partial charge in [0, 0.05) is 10.7 Å². The first kappa shape index (κ1) is 16.0. The Balaban J connectivity index is 3.15. The number of nitrogen functional groups attached to an aromatic ring is 1. The van der Waals surface area contributed by atoms with Crippen molar-refractivity contribution >= 4 is 43.0 Å². The molecule has 1 aromatic carbocycles. The van der Waals surface area contributed by atoms with E-state index in [0.29, 0.717) is 11.4 Å². The molecule has 0 aliphatic rings. The Kier molecular flexibility index (Phi) is 4.31. The zero-order valence-corrected chi connectivity index (χ0v) is 13.6. The second-order valence-corrected chi connectivity index (χ2v) is 8.40. The van der Waals surface area contributed by atoms with E-state index in [-0.39, 0.29) is 0 Å². The van der Waals surface area contributed by atoms with Gasteiger partial charge in [-0.05, 0) is 38.5 Å². The summed E-state index contributed by atoms with van der Waals surface area (Å²) in [5, 5.41) is 2.59. The minimum Gasteiger partial charge on any atom is -0.397 e. The van der Waals surface area contributed by atoms with Crippen molar-refractivity contribution in [2.24, 2.45) is 0 Å². The predicted molar refractivity (Wildman–Crippen MR) is 80.8 cm³/mol. The van der Waals surface area contributed by atoms with Crippen LogP contribution in [0.2, 0.25) is 0 Å². The molecule has 7 heteroatoms. The standard InChI is InChI=1S/C12H17BrN2O3S/c1-7-5-8(13)6-9(14)10(7)15-11(16)12(2,3)19(4,17)18/h5-6H,14H2,1-4H3,(H,15,16). The molecule has 19 heavy (non-hydrogen) atoms. The lowest BCUT2D eigenvalue weighted by Crippen LogP contribution is -2.44. The van der Waals surface area contributed by atoms with Crippen molar-refractivity contribution in [3.63, 3.8) is 0 Å². The maximum atomic E-state index is 12.1. The Labute approximate surface area is 121 Å². The van der Waals surface area contributed by atoms with Gasteiger partial charge in [0.1, 0.15) is 4.75 Å². The number of hydrogen-bond acceptors (Lipinski definition) is 4. The molecular formula is C12H17BrN2O3S. The van der Waals surface area contributed by atoms with E-state index in [1.54, 1.807) is 19.1 Å². The van der Waals surface area contributed by atoms with Crippen LogP contribution in [-0.2, 0) is 14.6 Å². The van der Waals surface area contributed by atoms with Crippen LogP contribution in [0.25, 0.3) is 0 Å². The second-order valence-electron chi connectivity index (χ2n) is 4.92. The highest BCUT2D eigenvalue weighted by molar-refractivity contribution is 9.10. The van der Waals surface area contributed by atoms with E-state index in [4.69, 9.17) is 5.73 Å². The lowest BCUT2D eigenvalue weighted by Gasteiger charge is -2.22. The molecule has 0 aliphatic heterocycles. The number of hydrogen-bond donors (Lipinski definition) is 2.